The Bertz CT molecular complexity index is 802. The van der Waals surface area contributed by atoms with E-state index in [0.717, 1.165) is 30.5 Å². The third-order valence-electron chi connectivity index (χ3n) is 4.72. The van der Waals surface area contributed by atoms with Gasteiger partial charge in [0.2, 0.25) is 5.82 Å². The van der Waals surface area contributed by atoms with E-state index in [1.54, 1.807) is 19.9 Å². The van der Waals surface area contributed by atoms with Crippen molar-refractivity contribution in [3.05, 3.63) is 29.6 Å². The maximum atomic E-state index is 13.3. The van der Waals surface area contributed by atoms with Crippen molar-refractivity contribution < 1.29 is 18.0 Å². The lowest BCUT2D eigenvalue weighted by atomic mass is 10.1. The zero-order valence-electron chi connectivity index (χ0n) is 15.7. The fourth-order valence-electron chi connectivity index (χ4n) is 3.42. The lowest BCUT2D eigenvalue weighted by molar-refractivity contribution is -0.147. The highest BCUT2D eigenvalue weighted by Gasteiger charge is 2.38. The molecule has 28 heavy (non-hydrogen) atoms. The van der Waals surface area contributed by atoms with Crippen molar-refractivity contribution in [2.45, 2.75) is 38.9 Å². The van der Waals surface area contributed by atoms with Gasteiger partial charge in [0.1, 0.15) is 0 Å². The first-order chi connectivity index (χ1) is 12.3. The lowest BCUT2D eigenvalue weighted by Gasteiger charge is -2.14. The van der Waals surface area contributed by atoms with Crippen LogP contribution in [0.3, 0.4) is 0 Å². The van der Waals surface area contributed by atoms with E-state index in [2.05, 4.69) is 15.6 Å². The number of nitrogens with zero attached hydrogens (tertiary/aromatic N) is 2. The van der Waals surface area contributed by atoms with Gasteiger partial charge in [0, 0.05) is 18.2 Å². The Morgan fingerprint density at radius 1 is 1.36 bits per heavy atom. The summed E-state index contributed by atoms with van der Waals surface area (Å²) in [5.41, 5.74) is 0.878. The number of nitrogens with one attached hydrogen (secondary N) is 2. The van der Waals surface area contributed by atoms with Gasteiger partial charge in [-0.15, -0.1) is 24.8 Å². The van der Waals surface area contributed by atoms with Gasteiger partial charge in [-0.3, -0.25) is 4.79 Å². The molecule has 1 aromatic heterocycles. The first kappa shape index (κ1) is 24.5. The summed E-state index contributed by atoms with van der Waals surface area (Å²) in [6, 6.07) is 4.12. The maximum absolute atomic E-state index is 13.3. The van der Waals surface area contributed by atoms with Gasteiger partial charge in [-0.2, -0.15) is 13.2 Å². The second kappa shape index (κ2) is 9.80. The molecule has 2 N–H and O–H groups in total. The molecule has 1 fully saturated rings. The molecule has 0 saturated carbocycles. The van der Waals surface area contributed by atoms with Crippen molar-refractivity contribution in [2.75, 3.05) is 19.6 Å². The molecule has 158 valence electrons. The van der Waals surface area contributed by atoms with E-state index in [4.69, 9.17) is 0 Å². The SMILES string of the molecule is CC(C)n1c(C(F)(F)F)nc2cc(C(=O)NCCC3CCNC3)ccc21.Cl.Cl. The standard InChI is InChI=1S/C18H23F3N4O.2ClH/c1-11(2)25-15-4-3-13(9-14(15)24-17(25)18(19,20)21)16(26)23-8-6-12-5-7-22-10-12;;/h3-4,9,11-12,22H,5-8,10H2,1-2H3,(H,23,26);2*1H. The van der Waals surface area contributed by atoms with Crippen LogP contribution in [0.5, 0.6) is 0 Å². The number of rotatable bonds is 5. The largest absolute Gasteiger partial charge is 0.449 e. The third-order valence-corrected chi connectivity index (χ3v) is 4.72. The molecular formula is C18H25Cl2F3N4O. The number of hydrogen-bond donors (Lipinski definition) is 2. The highest BCUT2D eigenvalue weighted by Crippen LogP contribution is 2.33. The van der Waals surface area contributed by atoms with E-state index >= 15 is 0 Å². The van der Waals surface area contributed by atoms with Gasteiger partial charge in [0.15, 0.2) is 0 Å². The van der Waals surface area contributed by atoms with Crippen LogP contribution in [0.1, 0.15) is 48.9 Å². The second-order valence-electron chi connectivity index (χ2n) is 7.00. The highest BCUT2D eigenvalue weighted by atomic mass is 35.5. The molecule has 0 radical (unpaired) electrons. The Hall–Kier alpha value is -1.51. The Labute approximate surface area is 174 Å². The molecule has 1 aromatic carbocycles. The van der Waals surface area contributed by atoms with Gasteiger partial charge in [-0.1, -0.05) is 0 Å². The van der Waals surface area contributed by atoms with Crippen LogP contribution in [0, 0.1) is 5.92 Å². The lowest BCUT2D eigenvalue weighted by Crippen LogP contribution is -2.26. The number of halogens is 5. The summed E-state index contributed by atoms with van der Waals surface area (Å²) in [7, 11) is 0. The number of carbonyl (C=O) groups is 1. The normalized spacial score (nSPS) is 16.7. The van der Waals surface area contributed by atoms with E-state index < -0.39 is 18.0 Å². The first-order valence-electron chi connectivity index (χ1n) is 8.85. The van der Waals surface area contributed by atoms with Crippen LogP contribution in [0.15, 0.2) is 18.2 Å². The molecule has 1 amide bonds. The van der Waals surface area contributed by atoms with Crippen molar-refractivity contribution in [1.82, 2.24) is 20.2 Å². The molecule has 2 aromatic rings. The summed E-state index contributed by atoms with van der Waals surface area (Å²) in [6.07, 6.45) is -2.54. The van der Waals surface area contributed by atoms with E-state index in [1.807, 2.05) is 0 Å². The van der Waals surface area contributed by atoms with Crippen molar-refractivity contribution in [3.63, 3.8) is 0 Å². The van der Waals surface area contributed by atoms with Gasteiger partial charge in [-0.25, -0.2) is 4.98 Å². The maximum Gasteiger partial charge on any atom is 0.449 e. The molecule has 3 rings (SSSR count). The van der Waals surface area contributed by atoms with Crippen LogP contribution in [0.4, 0.5) is 13.2 Å². The summed E-state index contributed by atoms with van der Waals surface area (Å²) in [5.74, 6) is -0.659. The molecule has 1 aliphatic heterocycles. The number of imidazole rings is 1. The van der Waals surface area contributed by atoms with Crippen LogP contribution in [0.25, 0.3) is 11.0 Å². The predicted molar refractivity (Wildman–Crippen MR) is 108 cm³/mol. The van der Waals surface area contributed by atoms with Crippen molar-refractivity contribution in [2.24, 2.45) is 5.92 Å². The second-order valence-corrected chi connectivity index (χ2v) is 7.00. The highest BCUT2D eigenvalue weighted by molar-refractivity contribution is 5.97. The molecule has 1 unspecified atom stereocenters. The minimum absolute atomic E-state index is 0. The average Bonchev–Trinajstić information content (AvgIpc) is 3.20. The molecule has 5 nitrogen and oxygen atoms in total. The number of amides is 1. The van der Waals surface area contributed by atoms with Crippen LogP contribution < -0.4 is 10.6 Å². The topological polar surface area (TPSA) is 59.0 Å². The van der Waals surface area contributed by atoms with Crippen LogP contribution in [0.2, 0.25) is 0 Å². The zero-order chi connectivity index (χ0) is 18.9. The van der Waals surface area contributed by atoms with E-state index in [-0.39, 0.29) is 36.2 Å². The molecule has 0 aliphatic carbocycles. The molecule has 2 heterocycles. The van der Waals surface area contributed by atoms with Crippen molar-refractivity contribution in [3.8, 4) is 0 Å². The van der Waals surface area contributed by atoms with Crippen LogP contribution in [-0.4, -0.2) is 35.1 Å². The smallest absolute Gasteiger partial charge is 0.352 e. The van der Waals surface area contributed by atoms with Gasteiger partial charge < -0.3 is 15.2 Å². The zero-order valence-corrected chi connectivity index (χ0v) is 17.3. The minimum Gasteiger partial charge on any atom is -0.352 e. The van der Waals surface area contributed by atoms with Gasteiger partial charge in [0.25, 0.3) is 5.91 Å². The number of hydrogen-bond acceptors (Lipinski definition) is 3. The molecule has 0 bridgehead atoms. The average molecular weight is 441 g/mol. The number of carbonyl (C=O) groups excluding carboxylic acids is 1. The quantitative estimate of drug-likeness (QED) is 0.731. The third kappa shape index (κ3) is 5.30. The van der Waals surface area contributed by atoms with Crippen molar-refractivity contribution in [1.29, 1.82) is 0 Å². The minimum atomic E-state index is -4.54. The number of alkyl halides is 3. The Kier molecular flexibility index (Phi) is 8.59. The Morgan fingerprint density at radius 2 is 2.07 bits per heavy atom. The van der Waals surface area contributed by atoms with Crippen molar-refractivity contribution >= 4 is 41.8 Å². The molecule has 10 heteroatoms. The molecule has 1 aliphatic rings. The number of fused-ring (bicyclic) bond motifs is 1. The summed E-state index contributed by atoms with van der Waals surface area (Å²) in [6.45, 7) is 5.88. The van der Waals surface area contributed by atoms with Gasteiger partial charge >= 0.3 is 6.18 Å². The summed E-state index contributed by atoms with van der Waals surface area (Å²) in [5, 5.41) is 6.12. The molecule has 0 spiro atoms. The fraction of sp³-hybridized carbons (Fsp3) is 0.556. The summed E-state index contributed by atoms with van der Waals surface area (Å²) in [4.78, 5) is 16.0. The van der Waals surface area contributed by atoms with Crippen LogP contribution in [-0.2, 0) is 6.18 Å². The summed E-state index contributed by atoms with van der Waals surface area (Å²) >= 11 is 0. The number of aromatic nitrogens is 2. The first-order valence-corrected chi connectivity index (χ1v) is 8.85. The van der Waals surface area contributed by atoms with Gasteiger partial charge in [-0.05, 0) is 63.9 Å². The Morgan fingerprint density at radius 3 is 2.64 bits per heavy atom. The fourth-order valence-corrected chi connectivity index (χ4v) is 3.42. The molecular weight excluding hydrogens is 416 g/mol. The van der Waals surface area contributed by atoms with E-state index in [1.165, 1.54) is 12.1 Å². The Balaban J connectivity index is 0.00000196. The van der Waals surface area contributed by atoms with E-state index in [9.17, 15) is 18.0 Å². The molecule has 1 atom stereocenters. The monoisotopic (exact) mass is 440 g/mol. The van der Waals surface area contributed by atoms with E-state index in [0.29, 0.717) is 23.5 Å². The molecule has 1 saturated heterocycles. The predicted octanol–water partition coefficient (Wildman–Crippen LogP) is 4.21. The van der Waals surface area contributed by atoms with Crippen LogP contribution >= 0.6 is 24.8 Å². The number of benzene rings is 1. The van der Waals surface area contributed by atoms with Gasteiger partial charge in [0.05, 0.1) is 11.0 Å². The summed E-state index contributed by atoms with van der Waals surface area (Å²) < 4.78 is 40.9.